The van der Waals surface area contributed by atoms with Gasteiger partial charge in [0.1, 0.15) is 0 Å². The Kier molecular flexibility index (Phi) is 7.25. The number of carboxylic acids is 2. The van der Waals surface area contributed by atoms with Crippen LogP contribution < -0.4 is 5.32 Å². The summed E-state index contributed by atoms with van der Waals surface area (Å²) in [6, 6.07) is 18.4. The second-order valence-corrected chi connectivity index (χ2v) is 7.57. The topological polar surface area (TPSA) is 124 Å². The molecular weight excluding hydrogens is 434 g/mol. The molecule has 0 bridgehead atoms. The van der Waals surface area contributed by atoms with Crippen molar-refractivity contribution in [3.8, 4) is 11.1 Å². The lowest BCUT2D eigenvalue weighted by Gasteiger charge is -2.22. The number of amides is 1. The third-order valence-electron chi connectivity index (χ3n) is 4.90. The fourth-order valence-electron chi connectivity index (χ4n) is 3.30. The Morgan fingerprint density at radius 1 is 0.906 bits per heavy atom. The minimum Gasteiger partial charge on any atom is -0.479 e. The highest BCUT2D eigenvalue weighted by atomic mass is 35.5. The van der Waals surface area contributed by atoms with Gasteiger partial charge < -0.3 is 20.6 Å². The number of aliphatic hydroxyl groups excluding tert-OH is 1. The molecule has 4 N–H and O–H groups in total. The normalized spacial score (nSPS) is 12.6. The fourth-order valence-corrected chi connectivity index (χ4v) is 3.48. The zero-order valence-corrected chi connectivity index (χ0v) is 17.5. The molecule has 0 fully saturated rings. The third kappa shape index (κ3) is 5.51. The number of benzene rings is 3. The van der Waals surface area contributed by atoms with Crippen LogP contribution in [0.1, 0.15) is 26.3 Å². The molecule has 2 atom stereocenters. The molecular formula is C24H20ClNO6. The molecule has 3 aromatic carbocycles. The van der Waals surface area contributed by atoms with E-state index >= 15 is 0 Å². The number of hydrogen-bond acceptors (Lipinski definition) is 4. The van der Waals surface area contributed by atoms with Crippen LogP contribution in [-0.4, -0.2) is 45.3 Å². The van der Waals surface area contributed by atoms with E-state index in [1.54, 1.807) is 42.5 Å². The summed E-state index contributed by atoms with van der Waals surface area (Å²) in [4.78, 5) is 35.8. The first-order valence-corrected chi connectivity index (χ1v) is 10.0. The van der Waals surface area contributed by atoms with Gasteiger partial charge in [-0.3, -0.25) is 4.79 Å². The molecule has 0 spiro atoms. The number of aliphatic hydroxyl groups is 1. The van der Waals surface area contributed by atoms with Gasteiger partial charge in [0, 0.05) is 10.6 Å². The van der Waals surface area contributed by atoms with Gasteiger partial charge in [0.15, 0.2) is 6.10 Å². The molecule has 3 rings (SSSR count). The summed E-state index contributed by atoms with van der Waals surface area (Å²) >= 11 is 6.03. The van der Waals surface area contributed by atoms with E-state index in [9.17, 15) is 29.7 Å². The Balaban J connectivity index is 1.89. The van der Waals surface area contributed by atoms with E-state index in [0.717, 1.165) is 5.56 Å². The lowest BCUT2D eigenvalue weighted by molar-refractivity contribution is -0.148. The van der Waals surface area contributed by atoms with Crippen molar-refractivity contribution in [1.29, 1.82) is 0 Å². The molecule has 0 aliphatic carbocycles. The predicted molar refractivity (Wildman–Crippen MR) is 119 cm³/mol. The smallest absolute Gasteiger partial charge is 0.336 e. The number of carboxylic acid groups (broad SMARTS) is 2. The van der Waals surface area contributed by atoms with E-state index in [-0.39, 0.29) is 17.5 Å². The summed E-state index contributed by atoms with van der Waals surface area (Å²) in [5.41, 5.74) is 1.74. The van der Waals surface area contributed by atoms with Gasteiger partial charge in [-0.15, -0.1) is 0 Å². The van der Waals surface area contributed by atoms with E-state index < -0.39 is 30.0 Å². The van der Waals surface area contributed by atoms with Crippen molar-refractivity contribution in [3.05, 3.63) is 94.5 Å². The molecule has 0 aliphatic heterocycles. The van der Waals surface area contributed by atoms with Gasteiger partial charge >= 0.3 is 11.9 Å². The zero-order valence-electron chi connectivity index (χ0n) is 16.7. The van der Waals surface area contributed by atoms with Crippen molar-refractivity contribution in [3.63, 3.8) is 0 Å². The number of aliphatic carboxylic acids is 1. The molecule has 3 aromatic rings. The molecule has 0 saturated carbocycles. The minimum absolute atomic E-state index is 0.0233. The largest absolute Gasteiger partial charge is 0.479 e. The van der Waals surface area contributed by atoms with Gasteiger partial charge in [0.2, 0.25) is 0 Å². The van der Waals surface area contributed by atoms with Crippen LogP contribution >= 0.6 is 11.6 Å². The van der Waals surface area contributed by atoms with Crippen LogP contribution in [0.25, 0.3) is 11.1 Å². The van der Waals surface area contributed by atoms with E-state index in [0.29, 0.717) is 16.1 Å². The monoisotopic (exact) mass is 453 g/mol. The van der Waals surface area contributed by atoms with Crippen molar-refractivity contribution in [2.24, 2.45) is 0 Å². The van der Waals surface area contributed by atoms with Crippen LogP contribution in [0.2, 0.25) is 5.02 Å². The molecule has 7 nitrogen and oxygen atoms in total. The second kappa shape index (κ2) is 10.1. The summed E-state index contributed by atoms with van der Waals surface area (Å²) < 4.78 is 0. The average molecular weight is 454 g/mol. The Bertz CT molecular complexity index is 1150. The van der Waals surface area contributed by atoms with Crippen molar-refractivity contribution < 1.29 is 29.7 Å². The molecule has 164 valence electrons. The first-order chi connectivity index (χ1) is 15.3. The molecule has 0 unspecified atom stereocenters. The summed E-state index contributed by atoms with van der Waals surface area (Å²) in [6.07, 6.45) is -1.70. The quantitative estimate of drug-likeness (QED) is 0.414. The maximum Gasteiger partial charge on any atom is 0.336 e. The molecule has 0 heterocycles. The SMILES string of the molecule is O=C(N[C@H](Cc1ccccc1)[C@@H](O)C(=O)O)c1cccc(-c2cc(Cl)ccc2C(=O)O)c1. The molecule has 0 radical (unpaired) electrons. The molecule has 1 amide bonds. The number of halogens is 1. The number of nitrogens with one attached hydrogen (secondary N) is 1. The second-order valence-electron chi connectivity index (χ2n) is 7.13. The molecule has 0 aromatic heterocycles. The number of rotatable bonds is 8. The number of hydrogen-bond donors (Lipinski definition) is 4. The van der Waals surface area contributed by atoms with E-state index in [4.69, 9.17) is 11.6 Å². The fraction of sp³-hybridized carbons (Fsp3) is 0.125. The minimum atomic E-state index is -1.81. The summed E-state index contributed by atoms with van der Waals surface area (Å²) in [5.74, 6) is -3.20. The Morgan fingerprint density at radius 3 is 2.28 bits per heavy atom. The lowest BCUT2D eigenvalue weighted by Crippen LogP contribution is -2.48. The number of carbonyl (C=O) groups excluding carboxylic acids is 1. The summed E-state index contributed by atoms with van der Waals surface area (Å²) in [6.45, 7) is 0. The van der Waals surface area contributed by atoms with Crippen LogP contribution in [0, 0.1) is 0 Å². The van der Waals surface area contributed by atoms with Gasteiger partial charge in [0.05, 0.1) is 11.6 Å². The molecule has 0 saturated heterocycles. The van der Waals surface area contributed by atoms with Crippen molar-refractivity contribution in [2.75, 3.05) is 0 Å². The van der Waals surface area contributed by atoms with Gasteiger partial charge in [-0.2, -0.15) is 0 Å². The Hall–Kier alpha value is -3.68. The highest BCUT2D eigenvalue weighted by Crippen LogP contribution is 2.28. The number of aromatic carboxylic acids is 1. The van der Waals surface area contributed by atoms with Crippen LogP contribution in [0.4, 0.5) is 0 Å². The first kappa shape index (κ1) is 23.0. The van der Waals surface area contributed by atoms with Gasteiger partial charge in [-0.25, -0.2) is 9.59 Å². The van der Waals surface area contributed by atoms with Gasteiger partial charge in [0.25, 0.3) is 5.91 Å². The predicted octanol–water partition coefficient (Wildman–Crippen LogP) is 3.49. The van der Waals surface area contributed by atoms with Crippen LogP contribution in [0.15, 0.2) is 72.8 Å². The standard InChI is InChI=1S/C24H20ClNO6/c25-17-9-10-18(23(29)30)19(13-17)15-7-4-8-16(12-15)22(28)26-20(21(27)24(31)32)11-14-5-2-1-3-6-14/h1-10,12-13,20-21,27H,11H2,(H,26,28)(H,29,30)(H,31,32)/t20-,21-/m1/s1. The van der Waals surface area contributed by atoms with E-state index in [2.05, 4.69) is 5.32 Å². The maximum absolute atomic E-state index is 12.9. The first-order valence-electron chi connectivity index (χ1n) is 9.65. The number of carbonyl (C=O) groups is 3. The average Bonchev–Trinajstić information content (AvgIpc) is 2.78. The molecule has 0 aliphatic rings. The van der Waals surface area contributed by atoms with Crippen LogP contribution in [0.5, 0.6) is 0 Å². The maximum atomic E-state index is 12.9. The lowest BCUT2D eigenvalue weighted by atomic mass is 9.97. The summed E-state index contributed by atoms with van der Waals surface area (Å²) in [7, 11) is 0. The van der Waals surface area contributed by atoms with Gasteiger partial charge in [-0.1, -0.05) is 54.1 Å². The highest BCUT2D eigenvalue weighted by molar-refractivity contribution is 6.31. The molecule has 8 heteroatoms. The van der Waals surface area contributed by atoms with Crippen LogP contribution in [0.3, 0.4) is 0 Å². The summed E-state index contributed by atoms with van der Waals surface area (Å²) in [5, 5.41) is 31.7. The Labute approximate surface area is 188 Å². The zero-order chi connectivity index (χ0) is 23.3. The van der Waals surface area contributed by atoms with Crippen molar-refractivity contribution in [2.45, 2.75) is 18.6 Å². The Morgan fingerprint density at radius 2 is 1.62 bits per heavy atom. The van der Waals surface area contributed by atoms with Gasteiger partial charge in [-0.05, 0) is 53.4 Å². The van der Waals surface area contributed by atoms with Crippen LogP contribution in [-0.2, 0) is 11.2 Å². The third-order valence-corrected chi connectivity index (χ3v) is 5.13. The van der Waals surface area contributed by atoms with Crippen molar-refractivity contribution >= 4 is 29.4 Å². The van der Waals surface area contributed by atoms with E-state index in [1.165, 1.54) is 30.3 Å². The molecule has 32 heavy (non-hydrogen) atoms. The van der Waals surface area contributed by atoms with Crippen molar-refractivity contribution in [1.82, 2.24) is 5.32 Å². The highest BCUT2D eigenvalue weighted by Gasteiger charge is 2.28. The van der Waals surface area contributed by atoms with E-state index in [1.807, 2.05) is 0 Å².